The number of aliphatic hydroxyl groups excluding tert-OH is 1. The smallest absolute Gasteiger partial charge is 0.228 e. The predicted molar refractivity (Wildman–Crippen MR) is 84.5 cm³/mol. The van der Waals surface area contributed by atoms with Crippen LogP contribution in [-0.4, -0.2) is 64.6 Å². The Labute approximate surface area is 130 Å². The summed E-state index contributed by atoms with van der Waals surface area (Å²) in [5.74, 6) is 0.166. The number of aliphatic hydroxyl groups is 1. The second-order valence-corrected chi connectivity index (χ2v) is 6.37. The van der Waals surface area contributed by atoms with Crippen LogP contribution in [0.4, 0.5) is 0 Å². The van der Waals surface area contributed by atoms with Crippen LogP contribution in [0.5, 0.6) is 0 Å². The summed E-state index contributed by atoms with van der Waals surface area (Å²) in [6.07, 6.45) is 2.29. The fourth-order valence-corrected chi connectivity index (χ4v) is 3.44. The maximum atomic E-state index is 12.3. The Morgan fingerprint density at radius 2 is 2.10 bits per heavy atom. The van der Waals surface area contributed by atoms with Gasteiger partial charge >= 0.3 is 0 Å². The van der Waals surface area contributed by atoms with E-state index in [2.05, 4.69) is 23.7 Å². The van der Waals surface area contributed by atoms with E-state index < -0.39 is 0 Å². The van der Waals surface area contributed by atoms with Crippen LogP contribution >= 0.6 is 11.3 Å². The van der Waals surface area contributed by atoms with Crippen molar-refractivity contribution in [1.29, 1.82) is 0 Å². The number of carbonyl (C=O) groups excluding carboxylic acids is 1. The fraction of sp³-hybridized carbons (Fsp3) is 0.733. The molecule has 118 valence electrons. The van der Waals surface area contributed by atoms with E-state index in [9.17, 15) is 9.90 Å². The Balaban J connectivity index is 1.82. The lowest BCUT2D eigenvalue weighted by Gasteiger charge is -2.38. The van der Waals surface area contributed by atoms with E-state index in [4.69, 9.17) is 0 Å². The quantitative estimate of drug-likeness (QED) is 0.857. The normalized spacial score (nSPS) is 18.0. The van der Waals surface area contributed by atoms with Crippen molar-refractivity contribution in [2.24, 2.45) is 0 Å². The minimum atomic E-state index is 0.166. The maximum absolute atomic E-state index is 12.3. The first-order chi connectivity index (χ1) is 10.2. The van der Waals surface area contributed by atoms with E-state index in [1.807, 2.05) is 10.3 Å². The molecule has 21 heavy (non-hydrogen) atoms. The highest BCUT2D eigenvalue weighted by Gasteiger charge is 2.25. The molecular formula is C15H25N3O2S. The summed E-state index contributed by atoms with van der Waals surface area (Å²) < 4.78 is 0. The Kier molecular flexibility index (Phi) is 6.14. The third kappa shape index (κ3) is 4.25. The third-order valence-corrected chi connectivity index (χ3v) is 5.14. The number of carbonyl (C=O) groups is 1. The number of piperazine rings is 1. The topological polar surface area (TPSA) is 56.7 Å². The van der Waals surface area contributed by atoms with Gasteiger partial charge in [-0.15, -0.1) is 11.3 Å². The molecule has 1 aromatic rings. The lowest BCUT2D eigenvalue weighted by molar-refractivity contribution is -0.132. The summed E-state index contributed by atoms with van der Waals surface area (Å²) in [6.45, 7) is 7.56. The van der Waals surface area contributed by atoms with Crippen molar-refractivity contribution < 1.29 is 9.90 Å². The summed E-state index contributed by atoms with van der Waals surface area (Å²) in [5.41, 5.74) is 0.895. The molecule has 1 unspecified atom stereocenters. The number of aromatic nitrogens is 1. The SMILES string of the molecule is CCc1nc(CC(=O)N2CCN(C(CC)CO)CC2)cs1. The molecule has 2 rings (SSSR count). The second-order valence-electron chi connectivity index (χ2n) is 5.42. The molecule has 0 saturated carbocycles. The monoisotopic (exact) mass is 311 g/mol. The first-order valence-electron chi connectivity index (χ1n) is 7.73. The molecule has 1 aromatic heterocycles. The number of aryl methyl sites for hydroxylation is 1. The zero-order valence-electron chi connectivity index (χ0n) is 12.9. The van der Waals surface area contributed by atoms with Crippen molar-refractivity contribution in [2.75, 3.05) is 32.8 Å². The molecule has 1 fully saturated rings. The van der Waals surface area contributed by atoms with Gasteiger partial charge < -0.3 is 10.0 Å². The van der Waals surface area contributed by atoms with E-state index in [0.717, 1.165) is 49.7 Å². The van der Waals surface area contributed by atoms with Gasteiger partial charge in [0.2, 0.25) is 5.91 Å². The minimum Gasteiger partial charge on any atom is -0.395 e. The lowest BCUT2D eigenvalue weighted by Crippen LogP contribution is -2.53. The van der Waals surface area contributed by atoms with Crippen molar-refractivity contribution in [3.63, 3.8) is 0 Å². The molecule has 6 heteroatoms. The van der Waals surface area contributed by atoms with Crippen LogP contribution in [0, 0.1) is 0 Å². The molecule has 1 N–H and O–H groups in total. The van der Waals surface area contributed by atoms with E-state index in [0.29, 0.717) is 6.42 Å². The van der Waals surface area contributed by atoms with Gasteiger partial charge in [-0.2, -0.15) is 0 Å². The number of rotatable bonds is 6. The van der Waals surface area contributed by atoms with Crippen LogP contribution in [-0.2, 0) is 17.6 Å². The molecule has 1 atom stereocenters. The van der Waals surface area contributed by atoms with E-state index in [1.165, 1.54) is 0 Å². The van der Waals surface area contributed by atoms with Gasteiger partial charge in [0.15, 0.2) is 0 Å². The minimum absolute atomic E-state index is 0.166. The van der Waals surface area contributed by atoms with Crippen LogP contribution in [0.1, 0.15) is 31.0 Å². The molecule has 5 nitrogen and oxygen atoms in total. The average molecular weight is 311 g/mol. The Morgan fingerprint density at radius 1 is 1.38 bits per heavy atom. The first-order valence-corrected chi connectivity index (χ1v) is 8.61. The Morgan fingerprint density at radius 3 is 2.62 bits per heavy atom. The van der Waals surface area contributed by atoms with Crippen molar-refractivity contribution >= 4 is 17.2 Å². The number of nitrogens with zero attached hydrogens (tertiary/aromatic N) is 3. The van der Waals surface area contributed by atoms with Gasteiger partial charge in [0.25, 0.3) is 0 Å². The van der Waals surface area contributed by atoms with Gasteiger partial charge in [-0.3, -0.25) is 9.69 Å². The summed E-state index contributed by atoms with van der Waals surface area (Å²) in [5, 5.41) is 12.4. The Bertz CT molecular complexity index is 452. The number of amides is 1. The molecule has 0 aromatic carbocycles. The molecule has 1 aliphatic rings. The van der Waals surface area contributed by atoms with Crippen LogP contribution < -0.4 is 0 Å². The van der Waals surface area contributed by atoms with Crippen molar-refractivity contribution in [1.82, 2.24) is 14.8 Å². The van der Waals surface area contributed by atoms with Crippen molar-refractivity contribution in [3.05, 3.63) is 16.1 Å². The molecule has 0 aliphatic carbocycles. The molecule has 1 amide bonds. The highest BCUT2D eigenvalue weighted by molar-refractivity contribution is 7.09. The van der Waals surface area contributed by atoms with Gasteiger partial charge in [-0.05, 0) is 12.8 Å². The summed E-state index contributed by atoms with van der Waals surface area (Å²) in [4.78, 5) is 21.0. The van der Waals surface area contributed by atoms with Gasteiger partial charge in [0, 0.05) is 37.6 Å². The van der Waals surface area contributed by atoms with E-state index in [-0.39, 0.29) is 18.6 Å². The number of hydrogen-bond donors (Lipinski definition) is 1. The molecule has 1 aliphatic heterocycles. The first kappa shape index (κ1) is 16.4. The van der Waals surface area contributed by atoms with Gasteiger partial charge in [-0.25, -0.2) is 4.98 Å². The van der Waals surface area contributed by atoms with Gasteiger partial charge in [0.1, 0.15) is 0 Å². The molecule has 0 radical (unpaired) electrons. The highest BCUT2D eigenvalue weighted by Crippen LogP contribution is 2.13. The van der Waals surface area contributed by atoms with Crippen molar-refractivity contribution in [2.45, 2.75) is 39.2 Å². The maximum Gasteiger partial charge on any atom is 0.228 e. The summed E-state index contributed by atoms with van der Waals surface area (Å²) >= 11 is 1.63. The lowest BCUT2D eigenvalue weighted by atomic mass is 10.1. The number of hydrogen-bond acceptors (Lipinski definition) is 5. The van der Waals surface area contributed by atoms with Crippen LogP contribution in [0.2, 0.25) is 0 Å². The standard InChI is InChI=1S/C15H25N3O2S/c1-3-13(10-19)17-5-7-18(8-6-17)15(20)9-12-11-21-14(4-2)16-12/h11,13,19H,3-10H2,1-2H3. The molecule has 2 heterocycles. The summed E-state index contributed by atoms with van der Waals surface area (Å²) in [7, 11) is 0. The van der Waals surface area contributed by atoms with E-state index in [1.54, 1.807) is 11.3 Å². The zero-order chi connectivity index (χ0) is 15.2. The third-order valence-electron chi connectivity index (χ3n) is 4.10. The Hall–Kier alpha value is -0.980. The van der Waals surface area contributed by atoms with Crippen LogP contribution in [0.3, 0.4) is 0 Å². The van der Waals surface area contributed by atoms with Gasteiger partial charge in [-0.1, -0.05) is 13.8 Å². The molecule has 1 saturated heterocycles. The fourth-order valence-electron chi connectivity index (χ4n) is 2.70. The highest BCUT2D eigenvalue weighted by atomic mass is 32.1. The summed E-state index contributed by atoms with van der Waals surface area (Å²) in [6, 6.07) is 0.230. The predicted octanol–water partition coefficient (Wildman–Crippen LogP) is 1.16. The second kappa shape index (κ2) is 7.87. The molecule has 0 bridgehead atoms. The molecule has 0 spiro atoms. The van der Waals surface area contributed by atoms with E-state index >= 15 is 0 Å². The van der Waals surface area contributed by atoms with Gasteiger partial charge in [0.05, 0.1) is 23.7 Å². The van der Waals surface area contributed by atoms with Crippen molar-refractivity contribution in [3.8, 4) is 0 Å². The average Bonchev–Trinajstić information content (AvgIpc) is 2.97. The number of thiazole rings is 1. The largest absolute Gasteiger partial charge is 0.395 e. The van der Waals surface area contributed by atoms with Crippen LogP contribution in [0.15, 0.2) is 5.38 Å². The molecular weight excluding hydrogens is 286 g/mol. The van der Waals surface area contributed by atoms with Crippen LogP contribution in [0.25, 0.3) is 0 Å². The zero-order valence-corrected chi connectivity index (χ0v) is 13.7.